The average molecular weight is 332 g/mol. The van der Waals surface area contributed by atoms with Crippen LogP contribution in [0.15, 0.2) is 23.8 Å². The number of ether oxygens (including phenoxy) is 1. The van der Waals surface area contributed by atoms with Crippen LogP contribution in [0.2, 0.25) is 0 Å². The monoisotopic (exact) mass is 332 g/mol. The standard InChI is InChI=1S/C20H28O4/c1-12-6-7-16-19(3,8-5-9-20(16,4)18(22)23)14(12)11-15-13(2)10-17(21)24-15/h10,14-16H,1,5-9,11H2,2-4H3,(H,22,23). The first-order valence-electron chi connectivity index (χ1n) is 8.98. The molecule has 0 spiro atoms. The lowest BCUT2D eigenvalue weighted by molar-refractivity contribution is -0.164. The minimum atomic E-state index is -0.673. The fourth-order valence-electron chi connectivity index (χ4n) is 5.63. The molecule has 0 aromatic rings. The number of carbonyl (C=O) groups excluding carboxylic acids is 1. The number of carboxylic acid groups (broad SMARTS) is 1. The third-order valence-corrected chi connectivity index (χ3v) is 7.07. The Morgan fingerprint density at radius 2 is 2.12 bits per heavy atom. The molecular formula is C20H28O4. The molecule has 2 saturated carbocycles. The Kier molecular flexibility index (Phi) is 4.13. The molecule has 0 amide bonds. The third kappa shape index (κ3) is 2.51. The highest BCUT2D eigenvalue weighted by Crippen LogP contribution is 2.62. The summed E-state index contributed by atoms with van der Waals surface area (Å²) in [6, 6.07) is 0. The molecular weight excluding hydrogens is 304 g/mol. The van der Waals surface area contributed by atoms with Crippen molar-refractivity contribution in [3.8, 4) is 0 Å². The lowest BCUT2D eigenvalue weighted by Crippen LogP contribution is -2.53. The van der Waals surface area contributed by atoms with Gasteiger partial charge in [-0.05, 0) is 68.8 Å². The van der Waals surface area contributed by atoms with Gasteiger partial charge in [0.05, 0.1) is 5.41 Å². The topological polar surface area (TPSA) is 63.6 Å². The summed E-state index contributed by atoms with van der Waals surface area (Å²) >= 11 is 0. The van der Waals surface area contributed by atoms with Gasteiger partial charge in [-0.3, -0.25) is 4.79 Å². The second kappa shape index (κ2) is 5.75. The molecule has 0 aromatic heterocycles. The zero-order valence-corrected chi connectivity index (χ0v) is 14.9. The lowest BCUT2D eigenvalue weighted by atomic mass is 9.46. The quantitative estimate of drug-likeness (QED) is 0.624. The fraction of sp³-hybridized carbons (Fsp3) is 0.700. The predicted molar refractivity (Wildman–Crippen MR) is 91.3 cm³/mol. The summed E-state index contributed by atoms with van der Waals surface area (Å²) < 4.78 is 5.46. The van der Waals surface area contributed by atoms with Gasteiger partial charge in [0.15, 0.2) is 0 Å². The van der Waals surface area contributed by atoms with Crippen molar-refractivity contribution in [2.24, 2.45) is 22.7 Å². The van der Waals surface area contributed by atoms with Crippen molar-refractivity contribution in [3.63, 3.8) is 0 Å². The Hall–Kier alpha value is -1.58. The first-order valence-corrected chi connectivity index (χ1v) is 8.98. The molecule has 0 bridgehead atoms. The molecule has 2 fully saturated rings. The van der Waals surface area contributed by atoms with Crippen LogP contribution in [-0.2, 0) is 14.3 Å². The number of hydrogen-bond donors (Lipinski definition) is 1. The SMILES string of the molecule is C=C1CCC2C(C)(C(=O)O)CCCC2(C)C1CC1OC(=O)C=C1C. The number of cyclic esters (lactones) is 1. The molecule has 2 aliphatic carbocycles. The van der Waals surface area contributed by atoms with E-state index in [1.54, 1.807) is 6.08 Å². The molecule has 0 saturated heterocycles. The van der Waals surface area contributed by atoms with Gasteiger partial charge in [-0.2, -0.15) is 0 Å². The van der Waals surface area contributed by atoms with Gasteiger partial charge >= 0.3 is 11.9 Å². The molecule has 1 N–H and O–H groups in total. The van der Waals surface area contributed by atoms with Gasteiger partial charge in [0.2, 0.25) is 0 Å². The second-order valence-electron chi connectivity index (χ2n) is 8.43. The van der Waals surface area contributed by atoms with Crippen LogP contribution < -0.4 is 0 Å². The van der Waals surface area contributed by atoms with E-state index >= 15 is 0 Å². The molecule has 4 nitrogen and oxygen atoms in total. The van der Waals surface area contributed by atoms with Gasteiger partial charge in [0.1, 0.15) is 6.10 Å². The lowest BCUT2D eigenvalue weighted by Gasteiger charge is -2.57. The summed E-state index contributed by atoms with van der Waals surface area (Å²) in [5, 5.41) is 9.86. The minimum absolute atomic E-state index is 0.0873. The van der Waals surface area contributed by atoms with E-state index in [0.29, 0.717) is 0 Å². The zero-order valence-electron chi connectivity index (χ0n) is 14.9. The maximum Gasteiger partial charge on any atom is 0.331 e. The Morgan fingerprint density at radius 3 is 2.71 bits per heavy atom. The molecule has 3 aliphatic rings. The summed E-state index contributed by atoms with van der Waals surface area (Å²) in [6.07, 6.45) is 6.58. The normalized spacial score (nSPS) is 42.3. The van der Waals surface area contributed by atoms with E-state index in [1.807, 2.05) is 13.8 Å². The minimum Gasteiger partial charge on any atom is -0.481 e. The first kappa shape index (κ1) is 17.2. The van der Waals surface area contributed by atoms with Crippen molar-refractivity contribution in [1.29, 1.82) is 0 Å². The molecule has 0 aromatic carbocycles. The summed E-state index contributed by atoms with van der Waals surface area (Å²) in [4.78, 5) is 23.5. The molecule has 3 rings (SSSR count). The van der Waals surface area contributed by atoms with Crippen molar-refractivity contribution in [2.45, 2.75) is 65.4 Å². The number of aliphatic carboxylic acids is 1. The predicted octanol–water partition coefficient (Wildman–Crippen LogP) is 4.11. The number of fused-ring (bicyclic) bond motifs is 1. The van der Waals surface area contributed by atoms with E-state index in [1.165, 1.54) is 5.57 Å². The van der Waals surface area contributed by atoms with Gasteiger partial charge in [-0.25, -0.2) is 4.79 Å². The molecule has 0 radical (unpaired) electrons. The Balaban J connectivity index is 1.91. The Labute approximate surface area is 144 Å². The van der Waals surface area contributed by atoms with Crippen molar-refractivity contribution in [1.82, 2.24) is 0 Å². The van der Waals surface area contributed by atoms with E-state index in [-0.39, 0.29) is 29.3 Å². The van der Waals surface area contributed by atoms with Crippen LogP contribution >= 0.6 is 0 Å². The largest absolute Gasteiger partial charge is 0.481 e. The van der Waals surface area contributed by atoms with Gasteiger partial charge < -0.3 is 9.84 Å². The summed E-state index contributed by atoms with van der Waals surface area (Å²) in [6.45, 7) is 10.4. The maximum atomic E-state index is 12.0. The zero-order chi connectivity index (χ0) is 17.7. The number of carbonyl (C=O) groups is 2. The highest BCUT2D eigenvalue weighted by molar-refractivity contribution is 5.85. The number of hydrogen-bond acceptors (Lipinski definition) is 3. The highest BCUT2D eigenvalue weighted by Gasteiger charge is 2.57. The Bertz CT molecular complexity index is 619. The van der Waals surface area contributed by atoms with Crippen molar-refractivity contribution in [3.05, 3.63) is 23.8 Å². The third-order valence-electron chi connectivity index (χ3n) is 7.07. The van der Waals surface area contributed by atoms with Crippen LogP contribution in [0.4, 0.5) is 0 Å². The summed E-state index contributed by atoms with van der Waals surface area (Å²) in [5.74, 6) is -0.588. The molecule has 1 aliphatic heterocycles. The van der Waals surface area contributed by atoms with Gasteiger partial charge in [0.25, 0.3) is 0 Å². The van der Waals surface area contributed by atoms with Crippen LogP contribution in [0.1, 0.15) is 59.3 Å². The molecule has 5 atom stereocenters. The molecule has 5 unspecified atom stereocenters. The van der Waals surface area contributed by atoms with E-state index in [2.05, 4.69) is 13.5 Å². The van der Waals surface area contributed by atoms with E-state index < -0.39 is 11.4 Å². The smallest absolute Gasteiger partial charge is 0.331 e. The fourth-order valence-corrected chi connectivity index (χ4v) is 5.63. The number of rotatable bonds is 3. The van der Waals surface area contributed by atoms with Crippen molar-refractivity contribution >= 4 is 11.9 Å². The first-order chi connectivity index (χ1) is 11.2. The van der Waals surface area contributed by atoms with Gasteiger partial charge in [-0.1, -0.05) is 25.5 Å². The van der Waals surface area contributed by atoms with Crippen LogP contribution in [0.3, 0.4) is 0 Å². The summed E-state index contributed by atoms with van der Waals surface area (Å²) in [7, 11) is 0. The molecule has 1 heterocycles. The van der Waals surface area contributed by atoms with Gasteiger partial charge in [0, 0.05) is 6.08 Å². The van der Waals surface area contributed by atoms with Gasteiger partial charge in [-0.15, -0.1) is 0 Å². The molecule has 4 heteroatoms. The second-order valence-corrected chi connectivity index (χ2v) is 8.43. The summed E-state index contributed by atoms with van der Waals surface area (Å²) in [5.41, 5.74) is 1.41. The highest BCUT2D eigenvalue weighted by atomic mass is 16.5. The van der Waals surface area contributed by atoms with Crippen LogP contribution in [-0.4, -0.2) is 23.1 Å². The number of esters is 1. The van der Waals surface area contributed by atoms with Crippen molar-refractivity contribution in [2.75, 3.05) is 0 Å². The van der Waals surface area contributed by atoms with Crippen LogP contribution in [0, 0.1) is 22.7 Å². The van der Waals surface area contributed by atoms with Crippen LogP contribution in [0.5, 0.6) is 0 Å². The molecule has 132 valence electrons. The van der Waals surface area contributed by atoms with Crippen molar-refractivity contribution < 1.29 is 19.4 Å². The van der Waals surface area contributed by atoms with E-state index in [9.17, 15) is 14.7 Å². The molecule has 24 heavy (non-hydrogen) atoms. The Morgan fingerprint density at radius 1 is 1.42 bits per heavy atom. The average Bonchev–Trinajstić information content (AvgIpc) is 2.80. The van der Waals surface area contributed by atoms with E-state index in [0.717, 1.165) is 44.1 Å². The van der Waals surface area contributed by atoms with E-state index in [4.69, 9.17) is 4.74 Å². The maximum absolute atomic E-state index is 12.0. The van der Waals surface area contributed by atoms with Crippen LogP contribution in [0.25, 0.3) is 0 Å². The number of carboxylic acids is 1. The number of allylic oxidation sites excluding steroid dienone is 1.